The van der Waals surface area contributed by atoms with Gasteiger partial charge in [-0.3, -0.25) is 0 Å². The lowest BCUT2D eigenvalue weighted by atomic mass is 10.2. The Hall–Kier alpha value is -1.32. The molecule has 0 bridgehead atoms. The predicted octanol–water partition coefficient (Wildman–Crippen LogP) is 2.86. The lowest BCUT2D eigenvalue weighted by molar-refractivity contribution is 0.117. The molecule has 2 N–H and O–H groups in total. The minimum Gasteiger partial charge on any atom is -0.459 e. The first kappa shape index (κ1) is 11.2. The summed E-state index contributed by atoms with van der Waals surface area (Å²) in [4.78, 5) is 0. The molecule has 2 rings (SSSR count). The van der Waals surface area contributed by atoms with E-state index in [2.05, 4.69) is 6.92 Å². The maximum atomic E-state index is 5.98. The third-order valence-electron chi connectivity index (χ3n) is 2.46. The fraction of sp³-hybridized carbons (Fsp3) is 0.385. The van der Waals surface area contributed by atoms with Gasteiger partial charge in [-0.05, 0) is 18.6 Å². The van der Waals surface area contributed by atoms with Crippen LogP contribution in [0.3, 0.4) is 0 Å². The number of para-hydroxylation sites is 1. The highest BCUT2D eigenvalue weighted by Crippen LogP contribution is 2.22. The van der Waals surface area contributed by atoms with Gasteiger partial charge in [0, 0.05) is 12.0 Å². The van der Waals surface area contributed by atoms with Crippen molar-refractivity contribution in [2.45, 2.75) is 19.4 Å². The molecule has 2 aromatic rings. The van der Waals surface area contributed by atoms with Gasteiger partial charge >= 0.3 is 0 Å². The number of nitrogens with two attached hydrogens (primary N) is 1. The second-order valence-electron chi connectivity index (χ2n) is 3.87. The van der Waals surface area contributed by atoms with Gasteiger partial charge in [-0.1, -0.05) is 25.1 Å². The molecule has 0 saturated carbocycles. The van der Waals surface area contributed by atoms with Crippen LogP contribution >= 0.6 is 0 Å². The summed E-state index contributed by atoms with van der Waals surface area (Å²) in [5, 5.41) is 1.09. The first-order valence-corrected chi connectivity index (χ1v) is 5.63. The van der Waals surface area contributed by atoms with Gasteiger partial charge in [-0.2, -0.15) is 0 Å². The Morgan fingerprint density at radius 2 is 2.19 bits per heavy atom. The zero-order chi connectivity index (χ0) is 11.4. The van der Waals surface area contributed by atoms with Crippen LogP contribution in [0, 0.1) is 0 Å². The summed E-state index contributed by atoms with van der Waals surface area (Å²) >= 11 is 0. The van der Waals surface area contributed by atoms with Crippen LogP contribution in [-0.2, 0) is 4.74 Å². The summed E-state index contributed by atoms with van der Waals surface area (Å²) in [6.45, 7) is 3.33. The van der Waals surface area contributed by atoms with Gasteiger partial charge in [-0.15, -0.1) is 0 Å². The molecule has 0 radical (unpaired) electrons. The number of ether oxygens (including phenoxy) is 1. The van der Waals surface area contributed by atoms with Crippen LogP contribution in [0.1, 0.15) is 25.1 Å². The van der Waals surface area contributed by atoms with Crippen molar-refractivity contribution < 1.29 is 9.15 Å². The number of rotatable bonds is 5. The standard InChI is InChI=1S/C13H17NO2/c1-2-7-15-9-11(14)13-8-10-5-3-4-6-12(10)16-13/h3-6,8,11H,2,7,9,14H2,1H3. The van der Waals surface area contributed by atoms with Crippen molar-refractivity contribution in [3.05, 3.63) is 36.1 Å². The van der Waals surface area contributed by atoms with Crippen molar-refractivity contribution in [2.75, 3.05) is 13.2 Å². The maximum Gasteiger partial charge on any atom is 0.134 e. The summed E-state index contributed by atoms with van der Waals surface area (Å²) in [6, 6.07) is 9.70. The van der Waals surface area contributed by atoms with Crippen molar-refractivity contribution in [1.82, 2.24) is 0 Å². The van der Waals surface area contributed by atoms with E-state index in [1.54, 1.807) is 0 Å². The molecule has 0 saturated heterocycles. The van der Waals surface area contributed by atoms with Crippen molar-refractivity contribution in [3.8, 4) is 0 Å². The number of furan rings is 1. The molecule has 0 aliphatic rings. The van der Waals surface area contributed by atoms with E-state index in [-0.39, 0.29) is 6.04 Å². The third kappa shape index (κ3) is 2.43. The van der Waals surface area contributed by atoms with E-state index in [1.165, 1.54) is 0 Å². The topological polar surface area (TPSA) is 48.4 Å². The molecule has 16 heavy (non-hydrogen) atoms. The molecule has 86 valence electrons. The molecule has 0 aliphatic heterocycles. The normalized spacial score (nSPS) is 13.1. The third-order valence-corrected chi connectivity index (χ3v) is 2.46. The molecule has 1 aromatic carbocycles. The van der Waals surface area contributed by atoms with Gasteiger partial charge in [0.15, 0.2) is 0 Å². The number of hydrogen-bond acceptors (Lipinski definition) is 3. The first-order chi connectivity index (χ1) is 7.81. The van der Waals surface area contributed by atoms with Crippen molar-refractivity contribution in [2.24, 2.45) is 5.73 Å². The summed E-state index contributed by atoms with van der Waals surface area (Å²) in [6.07, 6.45) is 1.01. The van der Waals surface area contributed by atoms with Gasteiger partial charge in [0.05, 0.1) is 12.6 Å². The molecule has 0 fully saturated rings. The highest BCUT2D eigenvalue weighted by atomic mass is 16.5. The molecule has 0 amide bonds. The van der Waals surface area contributed by atoms with Crippen LogP contribution in [0.25, 0.3) is 11.0 Å². The fourth-order valence-electron chi connectivity index (χ4n) is 1.62. The Labute approximate surface area is 95.2 Å². The number of fused-ring (bicyclic) bond motifs is 1. The van der Waals surface area contributed by atoms with E-state index in [0.29, 0.717) is 6.61 Å². The van der Waals surface area contributed by atoms with E-state index >= 15 is 0 Å². The first-order valence-electron chi connectivity index (χ1n) is 5.63. The largest absolute Gasteiger partial charge is 0.459 e. The van der Waals surface area contributed by atoms with Gasteiger partial charge in [0.25, 0.3) is 0 Å². The average Bonchev–Trinajstić information content (AvgIpc) is 2.73. The Kier molecular flexibility index (Phi) is 3.59. The molecule has 0 aliphatic carbocycles. The quantitative estimate of drug-likeness (QED) is 0.786. The SMILES string of the molecule is CCCOCC(N)c1cc2ccccc2o1. The zero-order valence-electron chi connectivity index (χ0n) is 9.48. The summed E-state index contributed by atoms with van der Waals surface area (Å²) in [7, 11) is 0. The Morgan fingerprint density at radius 3 is 2.94 bits per heavy atom. The summed E-state index contributed by atoms with van der Waals surface area (Å²) < 4.78 is 11.1. The number of hydrogen-bond donors (Lipinski definition) is 1. The molecular weight excluding hydrogens is 202 g/mol. The lowest BCUT2D eigenvalue weighted by Crippen LogP contribution is -2.16. The van der Waals surface area contributed by atoms with Gasteiger partial charge in [0.1, 0.15) is 11.3 Å². The van der Waals surface area contributed by atoms with Crippen LogP contribution in [-0.4, -0.2) is 13.2 Å². The van der Waals surface area contributed by atoms with Crippen LogP contribution in [0.4, 0.5) is 0 Å². The molecule has 0 spiro atoms. The van der Waals surface area contributed by atoms with Crippen LogP contribution < -0.4 is 5.73 Å². The minimum absolute atomic E-state index is 0.182. The Morgan fingerprint density at radius 1 is 1.38 bits per heavy atom. The highest BCUT2D eigenvalue weighted by molar-refractivity contribution is 5.77. The molecule has 3 nitrogen and oxygen atoms in total. The van der Waals surface area contributed by atoms with Crippen molar-refractivity contribution in [1.29, 1.82) is 0 Å². The zero-order valence-corrected chi connectivity index (χ0v) is 9.48. The van der Waals surface area contributed by atoms with E-state index in [4.69, 9.17) is 14.9 Å². The molecule has 1 aromatic heterocycles. The smallest absolute Gasteiger partial charge is 0.134 e. The van der Waals surface area contributed by atoms with Gasteiger partial charge in [-0.25, -0.2) is 0 Å². The van der Waals surface area contributed by atoms with Gasteiger partial charge in [0.2, 0.25) is 0 Å². The lowest BCUT2D eigenvalue weighted by Gasteiger charge is -2.08. The summed E-state index contributed by atoms with van der Waals surface area (Å²) in [5.74, 6) is 0.789. The molecule has 1 heterocycles. The monoisotopic (exact) mass is 219 g/mol. The Balaban J connectivity index is 2.07. The van der Waals surface area contributed by atoms with Gasteiger partial charge < -0.3 is 14.9 Å². The van der Waals surface area contributed by atoms with Crippen LogP contribution in [0.5, 0.6) is 0 Å². The molecule has 3 heteroatoms. The maximum absolute atomic E-state index is 5.98. The predicted molar refractivity (Wildman–Crippen MR) is 64.3 cm³/mol. The van der Waals surface area contributed by atoms with E-state index < -0.39 is 0 Å². The average molecular weight is 219 g/mol. The highest BCUT2D eigenvalue weighted by Gasteiger charge is 2.11. The molecular formula is C13H17NO2. The minimum atomic E-state index is -0.182. The van der Waals surface area contributed by atoms with E-state index in [9.17, 15) is 0 Å². The Bertz CT molecular complexity index is 417. The van der Waals surface area contributed by atoms with Crippen molar-refractivity contribution in [3.63, 3.8) is 0 Å². The molecule has 1 unspecified atom stereocenters. The van der Waals surface area contributed by atoms with E-state index in [0.717, 1.165) is 29.8 Å². The number of benzene rings is 1. The summed E-state index contributed by atoms with van der Waals surface area (Å²) in [5.41, 5.74) is 6.86. The van der Waals surface area contributed by atoms with Crippen molar-refractivity contribution >= 4 is 11.0 Å². The molecule has 1 atom stereocenters. The fourth-order valence-corrected chi connectivity index (χ4v) is 1.62. The van der Waals surface area contributed by atoms with E-state index in [1.807, 2.05) is 30.3 Å². The second-order valence-corrected chi connectivity index (χ2v) is 3.87. The van der Waals surface area contributed by atoms with Crippen LogP contribution in [0.2, 0.25) is 0 Å². The van der Waals surface area contributed by atoms with Crippen LogP contribution in [0.15, 0.2) is 34.7 Å². The second kappa shape index (κ2) is 5.14.